The molecule has 0 N–H and O–H groups in total. The quantitative estimate of drug-likeness (QED) is 0.555. The molecule has 1 aromatic rings. The van der Waals surface area contributed by atoms with Crippen molar-refractivity contribution < 1.29 is 39.0 Å². The highest BCUT2D eigenvalue weighted by atomic mass is 32.2. The number of sulfone groups is 1. The Hall–Kier alpha value is -1.62. The molecule has 0 amide bonds. The van der Waals surface area contributed by atoms with Crippen molar-refractivity contribution in [1.82, 2.24) is 0 Å². The van der Waals surface area contributed by atoms with Crippen molar-refractivity contribution in [2.45, 2.75) is 18.3 Å². The number of rotatable bonds is 6. The minimum atomic E-state index is -5.77. The van der Waals surface area contributed by atoms with Crippen LogP contribution in [0.3, 0.4) is 0 Å². The molecular weight excluding hydrogens is 361 g/mol. The van der Waals surface area contributed by atoms with Crippen molar-refractivity contribution in [2.75, 3.05) is 12.0 Å². The number of ketones is 1. The molecule has 0 heterocycles. The first kappa shape index (κ1) is 19.4. The van der Waals surface area contributed by atoms with Gasteiger partial charge in [-0.25, -0.2) is 8.42 Å². The van der Waals surface area contributed by atoms with E-state index in [2.05, 4.69) is 4.18 Å². The lowest BCUT2D eigenvalue weighted by molar-refractivity contribution is -0.117. The zero-order valence-electron chi connectivity index (χ0n) is 12.0. The molecule has 0 saturated carbocycles. The average molecular weight is 374 g/mol. The largest absolute Gasteiger partial charge is 0.534 e. The highest BCUT2D eigenvalue weighted by molar-refractivity contribution is 7.91. The third-order valence-corrected chi connectivity index (χ3v) is 4.54. The van der Waals surface area contributed by atoms with Gasteiger partial charge in [0.2, 0.25) is 0 Å². The Labute approximate surface area is 131 Å². The van der Waals surface area contributed by atoms with Crippen molar-refractivity contribution in [1.29, 1.82) is 0 Å². The average Bonchev–Trinajstić information content (AvgIpc) is 2.35. The summed E-state index contributed by atoms with van der Waals surface area (Å²) in [7, 11) is -9.27. The van der Waals surface area contributed by atoms with Gasteiger partial charge in [0.05, 0.1) is 0 Å². The predicted octanol–water partition coefficient (Wildman–Crippen LogP) is 1.63. The summed E-state index contributed by atoms with van der Waals surface area (Å²) in [4.78, 5) is 11.7. The maximum absolute atomic E-state index is 12.2. The Kier molecular flexibility index (Phi) is 5.47. The number of hydrogen-bond donors (Lipinski definition) is 0. The van der Waals surface area contributed by atoms with Crippen LogP contribution in [0.25, 0.3) is 0 Å². The van der Waals surface area contributed by atoms with Crippen LogP contribution in [0.1, 0.15) is 18.4 Å². The zero-order valence-corrected chi connectivity index (χ0v) is 13.6. The summed E-state index contributed by atoms with van der Waals surface area (Å²) in [6.45, 7) is 1.43. The minimum Gasteiger partial charge on any atom is -0.376 e. The smallest absolute Gasteiger partial charge is 0.376 e. The van der Waals surface area contributed by atoms with Crippen LogP contribution in [0, 0.1) is 0 Å². The lowest BCUT2D eigenvalue weighted by Gasteiger charge is -2.12. The maximum atomic E-state index is 12.2. The van der Waals surface area contributed by atoms with E-state index in [0.717, 1.165) is 18.4 Å². The molecule has 0 aliphatic carbocycles. The van der Waals surface area contributed by atoms with Gasteiger partial charge in [0.1, 0.15) is 11.5 Å². The van der Waals surface area contributed by atoms with Crippen molar-refractivity contribution >= 4 is 25.7 Å². The van der Waals surface area contributed by atoms with Gasteiger partial charge in [-0.1, -0.05) is 19.1 Å². The topological polar surface area (TPSA) is 94.6 Å². The van der Waals surface area contributed by atoms with Crippen LogP contribution in [-0.4, -0.2) is 40.1 Å². The lowest BCUT2D eigenvalue weighted by atomic mass is 9.98. The van der Waals surface area contributed by atoms with E-state index in [1.807, 2.05) is 0 Å². The summed E-state index contributed by atoms with van der Waals surface area (Å²) in [6, 6.07) is 4.27. The van der Waals surface area contributed by atoms with E-state index in [4.69, 9.17) is 0 Å². The maximum Gasteiger partial charge on any atom is 0.534 e. The lowest BCUT2D eigenvalue weighted by Crippen LogP contribution is -2.28. The Bertz CT molecular complexity index is 779. The van der Waals surface area contributed by atoms with E-state index in [1.165, 1.54) is 19.1 Å². The third-order valence-electron chi connectivity index (χ3n) is 2.76. The van der Waals surface area contributed by atoms with Crippen LogP contribution in [0.5, 0.6) is 5.75 Å². The molecule has 0 aliphatic rings. The van der Waals surface area contributed by atoms with Gasteiger partial charge < -0.3 is 4.18 Å². The summed E-state index contributed by atoms with van der Waals surface area (Å²) in [5.74, 6) is -2.66. The van der Waals surface area contributed by atoms with Crippen molar-refractivity contribution in [2.24, 2.45) is 0 Å². The minimum absolute atomic E-state index is 0.315. The van der Waals surface area contributed by atoms with Crippen LogP contribution in [-0.2, 0) is 24.7 Å². The molecule has 1 aromatic carbocycles. The number of halogens is 3. The number of alkyl halides is 3. The van der Waals surface area contributed by atoms with E-state index < -0.39 is 48.7 Å². The van der Waals surface area contributed by atoms with Crippen molar-refractivity contribution in [3.8, 4) is 5.75 Å². The van der Waals surface area contributed by atoms with Crippen molar-refractivity contribution in [3.05, 3.63) is 29.8 Å². The Morgan fingerprint density at radius 3 is 2.00 bits per heavy atom. The van der Waals surface area contributed by atoms with Gasteiger partial charge in [-0.2, -0.15) is 21.6 Å². The third kappa shape index (κ3) is 5.50. The van der Waals surface area contributed by atoms with E-state index in [9.17, 15) is 34.8 Å². The second kappa shape index (κ2) is 6.48. The van der Waals surface area contributed by atoms with Crippen molar-refractivity contribution in [3.63, 3.8) is 0 Å². The van der Waals surface area contributed by atoms with Gasteiger partial charge in [-0.3, -0.25) is 4.79 Å². The van der Waals surface area contributed by atoms with E-state index in [-0.39, 0.29) is 0 Å². The molecule has 11 heteroatoms. The van der Waals surface area contributed by atoms with Gasteiger partial charge in [0.15, 0.2) is 15.6 Å². The standard InChI is InChI=1S/C12H13F3O6S2/c1-8(11(16)7-22(2,17)18)9-3-5-10(6-4-9)21-23(19,20)12(13,14)15/h3-6,8H,7H2,1-2H3/t8-/m1/s1. The first-order valence-electron chi connectivity index (χ1n) is 6.04. The molecule has 0 bridgehead atoms. The van der Waals surface area contributed by atoms with Crippen LogP contribution in [0.2, 0.25) is 0 Å². The summed E-state index contributed by atoms with van der Waals surface area (Å²) < 4.78 is 84.2. The summed E-state index contributed by atoms with van der Waals surface area (Å²) in [5.41, 5.74) is -5.24. The number of carbonyl (C=O) groups excluding carboxylic acids is 1. The summed E-state index contributed by atoms with van der Waals surface area (Å²) in [6.07, 6.45) is 0.899. The van der Waals surface area contributed by atoms with E-state index >= 15 is 0 Å². The van der Waals surface area contributed by atoms with Gasteiger partial charge >= 0.3 is 15.6 Å². The fourth-order valence-corrected chi connectivity index (χ4v) is 2.78. The molecule has 0 aromatic heterocycles. The molecule has 1 rings (SSSR count). The SMILES string of the molecule is C[C@@H](C(=O)CS(C)(=O)=O)c1ccc(OS(=O)(=O)C(F)(F)F)cc1. The van der Waals surface area contributed by atoms with Crippen LogP contribution < -0.4 is 4.18 Å². The Morgan fingerprint density at radius 1 is 1.13 bits per heavy atom. The fourth-order valence-electron chi connectivity index (χ4n) is 1.56. The number of Topliss-reactive ketones (excluding diaryl/α,β-unsaturated/α-hetero) is 1. The molecule has 1 atom stereocenters. The van der Waals surface area contributed by atoms with Gasteiger partial charge in [-0.05, 0) is 17.7 Å². The summed E-state index contributed by atoms with van der Waals surface area (Å²) in [5, 5.41) is 0. The molecule has 0 unspecified atom stereocenters. The highest BCUT2D eigenvalue weighted by Crippen LogP contribution is 2.28. The molecule has 0 aliphatic heterocycles. The zero-order chi connectivity index (χ0) is 18.1. The van der Waals surface area contributed by atoms with Gasteiger partial charge in [0, 0.05) is 12.2 Å². The molecule has 0 saturated heterocycles. The molecule has 6 nitrogen and oxygen atoms in total. The van der Waals surface area contributed by atoms with E-state index in [0.29, 0.717) is 5.56 Å². The Morgan fingerprint density at radius 2 is 1.61 bits per heavy atom. The monoisotopic (exact) mass is 374 g/mol. The van der Waals surface area contributed by atoms with Gasteiger partial charge in [-0.15, -0.1) is 0 Å². The first-order chi connectivity index (χ1) is 10.2. The normalized spacial score (nSPS) is 14.3. The highest BCUT2D eigenvalue weighted by Gasteiger charge is 2.48. The molecule has 130 valence electrons. The number of benzene rings is 1. The first-order valence-corrected chi connectivity index (χ1v) is 9.51. The fraction of sp³-hybridized carbons (Fsp3) is 0.417. The second-order valence-corrected chi connectivity index (χ2v) is 8.49. The molecule has 23 heavy (non-hydrogen) atoms. The molecular formula is C12H13F3O6S2. The Balaban J connectivity index is 2.91. The molecule has 0 fully saturated rings. The van der Waals surface area contributed by atoms with Gasteiger partial charge in [0.25, 0.3) is 0 Å². The van der Waals surface area contributed by atoms with Crippen LogP contribution in [0.15, 0.2) is 24.3 Å². The molecule has 0 spiro atoms. The predicted molar refractivity (Wildman–Crippen MR) is 75.2 cm³/mol. The number of hydrogen-bond acceptors (Lipinski definition) is 6. The number of carbonyl (C=O) groups is 1. The van der Waals surface area contributed by atoms with E-state index in [1.54, 1.807) is 0 Å². The second-order valence-electron chi connectivity index (χ2n) is 4.81. The summed E-state index contributed by atoms with van der Waals surface area (Å²) >= 11 is 0. The molecule has 0 radical (unpaired) electrons. The van der Waals surface area contributed by atoms with Crippen LogP contribution in [0.4, 0.5) is 13.2 Å². The van der Waals surface area contributed by atoms with Crippen LogP contribution >= 0.6 is 0 Å².